The number of halogens is 2. The van der Waals surface area contributed by atoms with E-state index in [9.17, 15) is 0 Å². The van der Waals surface area contributed by atoms with E-state index in [-0.39, 0.29) is 0 Å². The maximum absolute atomic E-state index is 4.93. The molecule has 0 saturated heterocycles. The van der Waals surface area contributed by atoms with E-state index >= 15 is 0 Å². The van der Waals surface area contributed by atoms with Gasteiger partial charge in [-0.1, -0.05) is 25.1 Å². The van der Waals surface area contributed by atoms with Crippen LogP contribution in [0.4, 0.5) is 5.69 Å². The van der Waals surface area contributed by atoms with E-state index in [1.54, 1.807) is 0 Å². The van der Waals surface area contributed by atoms with Crippen molar-refractivity contribution in [1.82, 2.24) is 0 Å². The molecule has 104 valence electrons. The van der Waals surface area contributed by atoms with Crippen LogP contribution >= 0.6 is 17.0 Å². The molecule has 0 spiro atoms. The third-order valence-electron chi connectivity index (χ3n) is 2.82. The normalized spacial score (nSPS) is 10.6. The molecular formula is C16H16Cl2NZr-. The first-order chi connectivity index (χ1) is 9.60. The number of aryl methyl sites for hydroxylation is 2. The molecule has 0 aliphatic heterocycles. The Morgan fingerprint density at radius 3 is 2.15 bits per heavy atom. The predicted octanol–water partition coefficient (Wildman–Crippen LogP) is 5.62. The molecule has 0 aromatic heterocycles. The first kappa shape index (κ1) is 17.6. The Kier molecular flexibility index (Phi) is 8.37. The summed E-state index contributed by atoms with van der Waals surface area (Å²) in [4.78, 5) is 4.71. The molecule has 0 saturated carbocycles. The van der Waals surface area contributed by atoms with Gasteiger partial charge in [0.2, 0.25) is 0 Å². The molecule has 2 aromatic rings. The molecule has 0 atom stereocenters. The van der Waals surface area contributed by atoms with E-state index in [1.807, 2.05) is 31.2 Å². The SMILES string of the molecule is CC(=Nc1c(C)cccc1C)c1[c-]cccc1.[Cl][Zr][Cl]. The van der Waals surface area contributed by atoms with Gasteiger partial charge in [-0.05, 0) is 30.7 Å². The summed E-state index contributed by atoms with van der Waals surface area (Å²) in [5, 5.41) is 0. The van der Waals surface area contributed by atoms with E-state index in [0.717, 1.165) is 17.0 Å². The Morgan fingerprint density at radius 1 is 1.05 bits per heavy atom. The minimum atomic E-state index is -0.826. The van der Waals surface area contributed by atoms with Crippen LogP contribution in [0.2, 0.25) is 0 Å². The summed E-state index contributed by atoms with van der Waals surface area (Å²) in [7, 11) is 9.87. The third-order valence-corrected chi connectivity index (χ3v) is 2.82. The second-order valence-corrected chi connectivity index (χ2v) is 8.02. The monoisotopic (exact) mass is 382 g/mol. The van der Waals surface area contributed by atoms with Crippen molar-refractivity contribution in [2.45, 2.75) is 20.8 Å². The van der Waals surface area contributed by atoms with Crippen LogP contribution in [0.5, 0.6) is 0 Å². The molecule has 2 rings (SSSR count). The summed E-state index contributed by atoms with van der Waals surface area (Å²) < 4.78 is 0. The number of nitrogens with zero attached hydrogens (tertiary/aromatic N) is 1. The van der Waals surface area contributed by atoms with E-state index in [2.05, 4.69) is 38.1 Å². The first-order valence-electron chi connectivity index (χ1n) is 6.15. The van der Waals surface area contributed by atoms with Gasteiger partial charge in [0.05, 0.1) is 5.69 Å². The topological polar surface area (TPSA) is 12.4 Å². The molecule has 0 aliphatic carbocycles. The molecule has 0 N–H and O–H groups in total. The second kappa shape index (κ2) is 9.50. The van der Waals surface area contributed by atoms with Crippen LogP contribution in [-0.2, 0) is 20.8 Å². The summed E-state index contributed by atoms with van der Waals surface area (Å²) in [6.07, 6.45) is 0. The molecule has 20 heavy (non-hydrogen) atoms. The molecule has 1 nitrogen and oxygen atoms in total. The molecule has 2 aromatic carbocycles. The van der Waals surface area contributed by atoms with Crippen LogP contribution in [-0.4, -0.2) is 5.71 Å². The number of hydrogen-bond acceptors (Lipinski definition) is 1. The van der Waals surface area contributed by atoms with Gasteiger partial charge in [-0.3, -0.25) is 0 Å². The maximum atomic E-state index is 4.93. The van der Waals surface area contributed by atoms with Crippen molar-refractivity contribution >= 4 is 28.4 Å². The standard InChI is InChI=1S/C16H16N.2ClH.Zr/c1-12-8-7-9-13(2)16(12)17-14(3)15-10-5-4-6-11-15;;;/h4-10H,1-3H3;2*1H;/q-1;;;+2/p-2. The van der Waals surface area contributed by atoms with E-state index in [0.29, 0.717) is 0 Å². The van der Waals surface area contributed by atoms with Crippen LogP contribution in [0.3, 0.4) is 0 Å². The van der Waals surface area contributed by atoms with Gasteiger partial charge in [0.15, 0.2) is 0 Å². The first-order valence-corrected chi connectivity index (χ1v) is 12.5. The van der Waals surface area contributed by atoms with Gasteiger partial charge in [0.25, 0.3) is 0 Å². The summed E-state index contributed by atoms with van der Waals surface area (Å²) in [6.45, 7) is 6.21. The molecule has 4 heteroatoms. The summed E-state index contributed by atoms with van der Waals surface area (Å²) in [6, 6.07) is 17.4. The zero-order valence-electron chi connectivity index (χ0n) is 11.7. The van der Waals surface area contributed by atoms with Crippen molar-refractivity contribution in [2.75, 3.05) is 0 Å². The zero-order chi connectivity index (χ0) is 15.0. The van der Waals surface area contributed by atoms with Gasteiger partial charge >= 0.3 is 37.9 Å². The van der Waals surface area contributed by atoms with Gasteiger partial charge in [-0.15, -0.1) is 35.9 Å². The fraction of sp³-hybridized carbons (Fsp3) is 0.188. The van der Waals surface area contributed by atoms with Crippen molar-refractivity contribution in [3.05, 3.63) is 65.2 Å². The number of aliphatic imine (C=N–C) groups is 1. The molecule has 0 bridgehead atoms. The second-order valence-electron chi connectivity index (χ2n) is 4.29. The fourth-order valence-corrected chi connectivity index (χ4v) is 1.83. The summed E-state index contributed by atoms with van der Waals surface area (Å²) in [5.74, 6) is 0. The Morgan fingerprint density at radius 2 is 1.65 bits per heavy atom. The van der Waals surface area contributed by atoms with Crippen molar-refractivity contribution in [3.63, 3.8) is 0 Å². The molecule has 0 fully saturated rings. The predicted molar refractivity (Wildman–Crippen MR) is 84.8 cm³/mol. The van der Waals surface area contributed by atoms with E-state index in [1.165, 1.54) is 11.1 Å². The quantitative estimate of drug-likeness (QED) is 0.471. The van der Waals surface area contributed by atoms with Crippen molar-refractivity contribution < 1.29 is 20.8 Å². The van der Waals surface area contributed by atoms with Crippen LogP contribution in [0.1, 0.15) is 23.6 Å². The van der Waals surface area contributed by atoms with Crippen LogP contribution in [0.25, 0.3) is 0 Å². The average molecular weight is 384 g/mol. The minimum absolute atomic E-state index is 0.826. The van der Waals surface area contributed by atoms with Gasteiger partial charge in [-0.25, -0.2) is 0 Å². The number of rotatable bonds is 2. The summed E-state index contributed by atoms with van der Waals surface area (Å²) in [5.41, 5.74) is 5.54. The molecule has 0 unspecified atom stereocenters. The van der Waals surface area contributed by atoms with Gasteiger partial charge in [0.1, 0.15) is 0 Å². The number of hydrogen-bond donors (Lipinski definition) is 0. The van der Waals surface area contributed by atoms with Crippen LogP contribution < -0.4 is 0 Å². The Hall–Kier alpha value is -0.427. The van der Waals surface area contributed by atoms with Crippen molar-refractivity contribution in [1.29, 1.82) is 0 Å². The molecule has 0 amide bonds. The Bertz CT molecular complexity index is 548. The molecular weight excluding hydrogens is 368 g/mol. The van der Waals surface area contributed by atoms with Crippen LogP contribution in [0.15, 0.2) is 47.5 Å². The Balaban J connectivity index is 0.000000612. The fourth-order valence-electron chi connectivity index (χ4n) is 1.83. The van der Waals surface area contributed by atoms with Crippen molar-refractivity contribution in [3.8, 4) is 0 Å². The number of para-hydroxylation sites is 1. The average Bonchev–Trinajstić information content (AvgIpc) is 2.45. The Labute approximate surface area is 139 Å². The molecule has 0 aliphatic rings. The molecule has 0 heterocycles. The number of benzene rings is 2. The van der Waals surface area contributed by atoms with Gasteiger partial charge < -0.3 is 4.99 Å². The van der Waals surface area contributed by atoms with Crippen molar-refractivity contribution in [2.24, 2.45) is 4.99 Å². The van der Waals surface area contributed by atoms with Gasteiger partial charge in [0, 0.05) is 0 Å². The zero-order valence-corrected chi connectivity index (χ0v) is 15.7. The van der Waals surface area contributed by atoms with Crippen LogP contribution in [0, 0.1) is 19.9 Å². The third kappa shape index (κ3) is 5.52. The van der Waals surface area contributed by atoms with E-state index in [4.69, 9.17) is 22.0 Å². The van der Waals surface area contributed by atoms with Gasteiger partial charge in [-0.2, -0.15) is 0 Å². The summed E-state index contributed by atoms with van der Waals surface area (Å²) >= 11 is -0.826. The van der Waals surface area contributed by atoms with E-state index < -0.39 is 20.8 Å². The molecule has 0 radical (unpaired) electrons.